The van der Waals surface area contributed by atoms with E-state index in [0.29, 0.717) is 29.7 Å². The lowest BCUT2D eigenvalue weighted by molar-refractivity contribution is -0.109. The minimum Gasteiger partial charge on any atom is -0.480 e. The second-order valence-corrected chi connectivity index (χ2v) is 8.59. The normalized spacial score (nSPS) is 19.7. The molecule has 2 aliphatic heterocycles. The summed E-state index contributed by atoms with van der Waals surface area (Å²) in [5, 5.41) is 8.01. The van der Waals surface area contributed by atoms with Crippen molar-refractivity contribution in [3.8, 4) is 18.1 Å². The molecule has 156 valence electrons. The average Bonchev–Trinajstić information content (AvgIpc) is 3.43. The molecule has 1 fully saturated rings. The lowest BCUT2D eigenvalue weighted by atomic mass is 9.97. The van der Waals surface area contributed by atoms with Crippen molar-refractivity contribution in [2.75, 3.05) is 26.2 Å². The summed E-state index contributed by atoms with van der Waals surface area (Å²) in [6.45, 7) is 2.53. The summed E-state index contributed by atoms with van der Waals surface area (Å²) in [6, 6.07) is 5.46. The van der Waals surface area contributed by atoms with E-state index in [0.717, 1.165) is 54.2 Å². The van der Waals surface area contributed by atoms with Gasteiger partial charge < -0.3 is 14.4 Å². The molecule has 1 aromatic heterocycles. The van der Waals surface area contributed by atoms with Gasteiger partial charge in [-0.25, -0.2) is 4.98 Å². The zero-order valence-electron chi connectivity index (χ0n) is 16.4. The average molecular weight is 444 g/mol. The highest BCUT2D eigenvalue weighted by molar-refractivity contribution is 7.10. The molecule has 0 spiro atoms. The molecule has 2 aliphatic rings. The fourth-order valence-corrected chi connectivity index (χ4v) is 5.12. The first kappa shape index (κ1) is 20.9. The van der Waals surface area contributed by atoms with E-state index in [9.17, 15) is 4.79 Å². The van der Waals surface area contributed by atoms with Crippen LogP contribution < -0.4 is 4.74 Å². The standard InChI is InChI=1S/C22H22ClN3O3S/c1-2-12-28-19-5-3-4-16(23)21(19)20-13-17(25-29-20)18-14-30-22(24-18)15-6-8-26(9-7-15)10-11-27/h1,3-5,11,14-15,20H,6-10,12-13H2. The lowest BCUT2D eigenvalue weighted by Gasteiger charge is -2.29. The third-order valence-electron chi connectivity index (χ3n) is 5.40. The van der Waals surface area contributed by atoms with Crippen LogP contribution in [0.1, 0.15) is 47.5 Å². The molecule has 2 aromatic rings. The van der Waals surface area contributed by atoms with Gasteiger partial charge in [0.2, 0.25) is 0 Å². The Morgan fingerprint density at radius 2 is 2.23 bits per heavy atom. The van der Waals surface area contributed by atoms with E-state index >= 15 is 0 Å². The van der Waals surface area contributed by atoms with Crippen molar-refractivity contribution in [3.05, 3.63) is 44.9 Å². The number of piperidine rings is 1. The minimum atomic E-state index is -0.335. The fraction of sp³-hybridized carbons (Fsp3) is 0.409. The zero-order chi connectivity index (χ0) is 20.9. The number of aldehydes is 1. The molecule has 0 N–H and O–H groups in total. The Labute approximate surface area is 184 Å². The van der Waals surface area contributed by atoms with E-state index in [1.165, 1.54) is 0 Å². The minimum absolute atomic E-state index is 0.162. The van der Waals surface area contributed by atoms with Crippen LogP contribution in [0, 0.1) is 12.3 Å². The van der Waals surface area contributed by atoms with Crippen LogP contribution in [0.3, 0.4) is 0 Å². The van der Waals surface area contributed by atoms with Gasteiger partial charge in [-0.05, 0) is 38.1 Å². The Balaban J connectivity index is 1.43. The van der Waals surface area contributed by atoms with Crippen molar-refractivity contribution in [1.82, 2.24) is 9.88 Å². The van der Waals surface area contributed by atoms with Crippen LogP contribution in [0.15, 0.2) is 28.7 Å². The fourth-order valence-electron chi connectivity index (χ4n) is 3.83. The van der Waals surface area contributed by atoms with Crippen molar-refractivity contribution in [2.45, 2.75) is 31.3 Å². The Kier molecular flexibility index (Phi) is 6.68. The smallest absolute Gasteiger partial charge is 0.163 e. The summed E-state index contributed by atoms with van der Waals surface area (Å²) in [7, 11) is 0. The Morgan fingerprint density at radius 1 is 1.40 bits per heavy atom. The number of benzene rings is 1. The van der Waals surface area contributed by atoms with Crippen molar-refractivity contribution in [2.24, 2.45) is 5.16 Å². The predicted octanol–water partition coefficient (Wildman–Crippen LogP) is 4.05. The van der Waals surface area contributed by atoms with Crippen LogP contribution in [-0.4, -0.2) is 48.1 Å². The second kappa shape index (κ2) is 9.61. The summed E-state index contributed by atoms with van der Waals surface area (Å²) in [5.74, 6) is 3.51. The van der Waals surface area contributed by atoms with Crippen molar-refractivity contribution in [1.29, 1.82) is 0 Å². The molecule has 0 radical (unpaired) electrons. The lowest BCUT2D eigenvalue weighted by Crippen LogP contribution is -2.34. The summed E-state index contributed by atoms with van der Waals surface area (Å²) >= 11 is 8.08. The molecule has 1 unspecified atom stereocenters. The number of halogens is 1. The van der Waals surface area contributed by atoms with Crippen molar-refractivity contribution < 1.29 is 14.4 Å². The number of likely N-dealkylation sites (tertiary alicyclic amines) is 1. The van der Waals surface area contributed by atoms with E-state index < -0.39 is 0 Å². The number of hydrogen-bond acceptors (Lipinski definition) is 7. The first-order valence-corrected chi connectivity index (χ1v) is 11.1. The molecule has 1 atom stereocenters. The SMILES string of the molecule is C#CCOc1cccc(Cl)c1C1CC(c2csc(C3CCN(CC=O)CC3)n2)=NO1. The largest absolute Gasteiger partial charge is 0.480 e. The highest BCUT2D eigenvalue weighted by Crippen LogP contribution is 2.40. The number of rotatable bonds is 7. The molecule has 0 saturated carbocycles. The molecule has 0 aliphatic carbocycles. The summed E-state index contributed by atoms with van der Waals surface area (Å²) in [4.78, 5) is 23.4. The molecule has 3 heterocycles. The maximum absolute atomic E-state index is 10.7. The number of thiazole rings is 1. The molecule has 0 bridgehead atoms. The molecule has 4 rings (SSSR count). The monoisotopic (exact) mass is 443 g/mol. The molecule has 1 saturated heterocycles. The number of ether oxygens (including phenoxy) is 1. The first-order valence-electron chi connectivity index (χ1n) is 9.88. The number of terminal acetylenes is 1. The van der Waals surface area contributed by atoms with Gasteiger partial charge in [-0.3, -0.25) is 4.90 Å². The molecule has 6 nitrogen and oxygen atoms in total. The van der Waals surface area contributed by atoms with Gasteiger partial charge in [0.05, 0.1) is 27.8 Å². The quantitative estimate of drug-likeness (QED) is 0.477. The molecule has 30 heavy (non-hydrogen) atoms. The third-order valence-corrected chi connectivity index (χ3v) is 6.74. The van der Waals surface area contributed by atoms with E-state index in [2.05, 4.69) is 16.0 Å². The number of oxime groups is 1. The number of carbonyl (C=O) groups is 1. The topological polar surface area (TPSA) is 64.0 Å². The van der Waals surface area contributed by atoms with E-state index in [-0.39, 0.29) is 12.7 Å². The van der Waals surface area contributed by atoms with Crippen LogP contribution >= 0.6 is 22.9 Å². The molecule has 0 amide bonds. The summed E-state index contributed by atoms with van der Waals surface area (Å²) in [5.41, 5.74) is 2.42. The van der Waals surface area contributed by atoms with Crippen LogP contribution in [0.4, 0.5) is 0 Å². The van der Waals surface area contributed by atoms with Gasteiger partial charge in [-0.15, -0.1) is 17.8 Å². The van der Waals surface area contributed by atoms with Gasteiger partial charge in [0, 0.05) is 17.7 Å². The van der Waals surface area contributed by atoms with Gasteiger partial charge in [0.25, 0.3) is 0 Å². The number of hydrogen-bond donors (Lipinski definition) is 0. The number of nitrogens with zero attached hydrogens (tertiary/aromatic N) is 3. The van der Waals surface area contributed by atoms with E-state index in [1.807, 2.05) is 17.5 Å². The highest BCUT2D eigenvalue weighted by atomic mass is 35.5. The Bertz CT molecular complexity index is 976. The number of aromatic nitrogens is 1. The molecular weight excluding hydrogens is 422 g/mol. The van der Waals surface area contributed by atoms with Crippen LogP contribution in [0.5, 0.6) is 5.75 Å². The summed E-state index contributed by atoms with van der Waals surface area (Å²) in [6.07, 6.45) is 8.55. The van der Waals surface area contributed by atoms with E-state index in [1.54, 1.807) is 17.4 Å². The van der Waals surface area contributed by atoms with Gasteiger partial charge >= 0.3 is 0 Å². The van der Waals surface area contributed by atoms with Gasteiger partial charge in [0.1, 0.15) is 24.4 Å². The van der Waals surface area contributed by atoms with Crippen LogP contribution in [0.25, 0.3) is 0 Å². The highest BCUT2D eigenvalue weighted by Gasteiger charge is 2.31. The third kappa shape index (κ3) is 4.51. The second-order valence-electron chi connectivity index (χ2n) is 7.29. The predicted molar refractivity (Wildman–Crippen MR) is 117 cm³/mol. The van der Waals surface area contributed by atoms with Gasteiger partial charge in [0.15, 0.2) is 6.10 Å². The van der Waals surface area contributed by atoms with Crippen LogP contribution in [0.2, 0.25) is 5.02 Å². The zero-order valence-corrected chi connectivity index (χ0v) is 18.0. The maximum Gasteiger partial charge on any atom is 0.163 e. The van der Waals surface area contributed by atoms with Gasteiger partial charge in [-0.2, -0.15) is 0 Å². The van der Waals surface area contributed by atoms with Gasteiger partial charge in [-0.1, -0.05) is 28.7 Å². The summed E-state index contributed by atoms with van der Waals surface area (Å²) < 4.78 is 5.64. The van der Waals surface area contributed by atoms with E-state index in [4.69, 9.17) is 32.6 Å². The maximum atomic E-state index is 10.7. The molecule has 1 aromatic carbocycles. The van der Waals surface area contributed by atoms with Crippen molar-refractivity contribution >= 4 is 34.9 Å². The Morgan fingerprint density at radius 3 is 3.00 bits per heavy atom. The Hall–Kier alpha value is -2.40. The first-order chi connectivity index (χ1) is 14.7. The molecular formula is C22H22ClN3O3S. The van der Waals surface area contributed by atoms with Crippen molar-refractivity contribution in [3.63, 3.8) is 0 Å². The molecule has 8 heteroatoms. The van der Waals surface area contributed by atoms with Crippen LogP contribution in [-0.2, 0) is 9.63 Å². The number of carbonyl (C=O) groups excluding carboxylic acids is 1.